The maximum atomic E-state index is 12.7. The Morgan fingerprint density at radius 2 is 1.85 bits per heavy atom. The monoisotopic (exact) mass is 463 g/mol. The molecule has 1 aliphatic rings. The summed E-state index contributed by atoms with van der Waals surface area (Å²) in [4.78, 5) is 33.7. The molecule has 2 aromatic carbocycles. The Balaban J connectivity index is 1.49. The lowest BCUT2D eigenvalue weighted by Crippen LogP contribution is -2.48. The largest absolute Gasteiger partial charge is 0.450 e. The van der Waals surface area contributed by atoms with Gasteiger partial charge < -0.3 is 19.5 Å². The predicted octanol–water partition coefficient (Wildman–Crippen LogP) is 4.28. The van der Waals surface area contributed by atoms with Gasteiger partial charge in [-0.2, -0.15) is 0 Å². The molecule has 0 aliphatic carbocycles. The van der Waals surface area contributed by atoms with E-state index in [0.29, 0.717) is 25.3 Å². The van der Waals surface area contributed by atoms with Crippen LogP contribution in [0.15, 0.2) is 42.5 Å². The van der Waals surface area contributed by atoms with Crippen molar-refractivity contribution in [3.8, 4) is 0 Å². The van der Waals surface area contributed by atoms with Crippen LogP contribution in [0.3, 0.4) is 0 Å². The molecule has 2 amide bonds. The summed E-state index contributed by atoms with van der Waals surface area (Å²) < 4.78 is 7.38. The first-order valence-electron chi connectivity index (χ1n) is 12.0. The van der Waals surface area contributed by atoms with E-state index in [2.05, 4.69) is 21.7 Å². The Morgan fingerprint density at radius 3 is 2.56 bits per heavy atom. The third kappa shape index (κ3) is 5.39. The van der Waals surface area contributed by atoms with E-state index in [-0.39, 0.29) is 12.0 Å². The van der Waals surface area contributed by atoms with E-state index in [1.807, 2.05) is 56.3 Å². The number of anilines is 1. The number of benzene rings is 2. The number of fused-ring (bicyclic) bond motifs is 1. The zero-order valence-corrected chi connectivity index (χ0v) is 20.2. The van der Waals surface area contributed by atoms with Crippen molar-refractivity contribution in [2.24, 2.45) is 0 Å². The van der Waals surface area contributed by atoms with Crippen molar-refractivity contribution in [1.82, 2.24) is 19.4 Å². The van der Waals surface area contributed by atoms with E-state index < -0.39 is 0 Å². The molecule has 0 atom stereocenters. The van der Waals surface area contributed by atoms with Gasteiger partial charge in [-0.05, 0) is 50.6 Å². The number of aromatic nitrogens is 2. The molecule has 1 fully saturated rings. The van der Waals surface area contributed by atoms with Crippen molar-refractivity contribution < 1.29 is 14.3 Å². The molecule has 180 valence electrons. The lowest BCUT2D eigenvalue weighted by molar-refractivity contribution is 0.0769. The van der Waals surface area contributed by atoms with Crippen LogP contribution in [-0.4, -0.2) is 64.1 Å². The summed E-state index contributed by atoms with van der Waals surface area (Å²) in [5.74, 6) is 0.874. The smallest absolute Gasteiger partial charge is 0.409 e. The number of ether oxygens (including phenoxy) is 1. The van der Waals surface area contributed by atoms with Crippen LogP contribution in [0.2, 0.25) is 0 Å². The molecule has 2 heterocycles. The van der Waals surface area contributed by atoms with Crippen LogP contribution in [0.1, 0.15) is 42.0 Å². The summed E-state index contributed by atoms with van der Waals surface area (Å²) >= 11 is 0. The SMILES string of the molecule is CCCn1c(CN2CCN(C(=O)OCC)CC2)nc2cc(NC(=O)c3cccc(C)c3)ccc21. The van der Waals surface area contributed by atoms with E-state index in [0.717, 1.165) is 60.7 Å². The molecular weight excluding hydrogens is 430 g/mol. The molecule has 1 saturated heterocycles. The Bertz CT molecular complexity index is 1160. The number of rotatable bonds is 7. The highest BCUT2D eigenvalue weighted by atomic mass is 16.6. The molecule has 0 unspecified atom stereocenters. The van der Waals surface area contributed by atoms with Gasteiger partial charge in [0.25, 0.3) is 5.91 Å². The van der Waals surface area contributed by atoms with Crippen molar-refractivity contribution in [1.29, 1.82) is 0 Å². The predicted molar refractivity (Wildman–Crippen MR) is 133 cm³/mol. The summed E-state index contributed by atoms with van der Waals surface area (Å²) in [5.41, 5.74) is 4.36. The third-order valence-corrected chi connectivity index (χ3v) is 6.08. The molecule has 0 bridgehead atoms. The molecule has 0 spiro atoms. The molecule has 0 saturated carbocycles. The lowest BCUT2D eigenvalue weighted by Gasteiger charge is -2.33. The number of nitrogens with zero attached hydrogens (tertiary/aromatic N) is 4. The van der Waals surface area contributed by atoms with Gasteiger partial charge in [-0.1, -0.05) is 24.6 Å². The molecule has 8 heteroatoms. The summed E-state index contributed by atoms with van der Waals surface area (Å²) in [7, 11) is 0. The van der Waals surface area contributed by atoms with Crippen LogP contribution < -0.4 is 5.32 Å². The molecule has 0 radical (unpaired) electrons. The first kappa shape index (κ1) is 23.8. The van der Waals surface area contributed by atoms with Crippen molar-refractivity contribution >= 4 is 28.7 Å². The lowest BCUT2D eigenvalue weighted by atomic mass is 10.1. The fourth-order valence-corrected chi connectivity index (χ4v) is 4.34. The van der Waals surface area contributed by atoms with Gasteiger partial charge in [0.15, 0.2) is 0 Å². The number of piperazine rings is 1. The van der Waals surface area contributed by atoms with Gasteiger partial charge in [0.1, 0.15) is 5.82 Å². The van der Waals surface area contributed by atoms with Crippen LogP contribution in [0.25, 0.3) is 11.0 Å². The normalized spacial score (nSPS) is 14.4. The molecule has 1 aromatic heterocycles. The van der Waals surface area contributed by atoms with Gasteiger partial charge in [-0.15, -0.1) is 0 Å². The number of aryl methyl sites for hydroxylation is 2. The van der Waals surface area contributed by atoms with Crippen LogP contribution in [0.5, 0.6) is 0 Å². The Kier molecular flexibility index (Phi) is 7.47. The number of nitrogens with one attached hydrogen (secondary N) is 1. The molecular formula is C26H33N5O3. The van der Waals surface area contributed by atoms with E-state index >= 15 is 0 Å². The van der Waals surface area contributed by atoms with E-state index in [1.165, 1.54) is 0 Å². The maximum Gasteiger partial charge on any atom is 0.409 e. The minimum absolute atomic E-state index is 0.129. The van der Waals surface area contributed by atoms with E-state index in [9.17, 15) is 9.59 Å². The minimum Gasteiger partial charge on any atom is -0.450 e. The zero-order valence-electron chi connectivity index (χ0n) is 20.2. The van der Waals surface area contributed by atoms with Crippen molar-refractivity contribution in [3.63, 3.8) is 0 Å². The van der Waals surface area contributed by atoms with Crippen molar-refractivity contribution in [2.45, 2.75) is 40.3 Å². The number of hydrogen-bond acceptors (Lipinski definition) is 5. The standard InChI is InChI=1S/C26H33N5O3/c1-4-11-31-23-10-9-21(27-25(32)20-8-6-7-19(3)16-20)17-22(23)28-24(31)18-29-12-14-30(15-13-29)26(33)34-5-2/h6-10,16-17H,4-5,11-15,18H2,1-3H3,(H,27,32). The Labute approximate surface area is 200 Å². The number of carbonyl (C=O) groups excluding carboxylic acids is 2. The molecule has 1 aliphatic heterocycles. The number of amides is 2. The van der Waals surface area contributed by atoms with Crippen LogP contribution in [0, 0.1) is 6.92 Å². The molecule has 8 nitrogen and oxygen atoms in total. The average molecular weight is 464 g/mol. The summed E-state index contributed by atoms with van der Waals surface area (Å²) in [6, 6.07) is 13.5. The van der Waals surface area contributed by atoms with Gasteiger partial charge in [0.05, 0.1) is 24.2 Å². The van der Waals surface area contributed by atoms with E-state index in [4.69, 9.17) is 9.72 Å². The second kappa shape index (κ2) is 10.7. The van der Waals surface area contributed by atoms with Crippen molar-refractivity contribution in [2.75, 3.05) is 38.1 Å². The van der Waals surface area contributed by atoms with Crippen LogP contribution in [-0.2, 0) is 17.8 Å². The van der Waals surface area contributed by atoms with Crippen LogP contribution >= 0.6 is 0 Å². The van der Waals surface area contributed by atoms with Gasteiger partial charge in [0.2, 0.25) is 0 Å². The third-order valence-electron chi connectivity index (χ3n) is 6.08. The fraction of sp³-hybridized carbons (Fsp3) is 0.423. The Hall–Kier alpha value is -3.39. The minimum atomic E-state index is -0.236. The number of hydrogen-bond donors (Lipinski definition) is 1. The van der Waals surface area contributed by atoms with Gasteiger partial charge in [0, 0.05) is 44.0 Å². The molecule has 4 rings (SSSR count). The molecule has 1 N–H and O–H groups in total. The number of carbonyl (C=O) groups is 2. The van der Waals surface area contributed by atoms with Gasteiger partial charge in [-0.25, -0.2) is 9.78 Å². The summed E-state index contributed by atoms with van der Waals surface area (Å²) in [6.07, 6.45) is 0.765. The quantitative estimate of drug-likeness (QED) is 0.566. The zero-order chi connectivity index (χ0) is 24.1. The van der Waals surface area contributed by atoms with Gasteiger partial charge >= 0.3 is 6.09 Å². The highest BCUT2D eigenvalue weighted by Crippen LogP contribution is 2.23. The van der Waals surface area contributed by atoms with Gasteiger partial charge in [-0.3, -0.25) is 9.69 Å². The topological polar surface area (TPSA) is 79.7 Å². The second-order valence-electron chi connectivity index (χ2n) is 8.67. The summed E-state index contributed by atoms with van der Waals surface area (Å²) in [6.45, 7) is 10.8. The van der Waals surface area contributed by atoms with Crippen LogP contribution in [0.4, 0.5) is 10.5 Å². The average Bonchev–Trinajstić information content (AvgIpc) is 3.16. The van der Waals surface area contributed by atoms with E-state index in [1.54, 1.807) is 4.90 Å². The van der Waals surface area contributed by atoms with Crippen molar-refractivity contribution in [3.05, 3.63) is 59.4 Å². The first-order chi connectivity index (χ1) is 16.5. The maximum absolute atomic E-state index is 12.7. The highest BCUT2D eigenvalue weighted by Gasteiger charge is 2.23. The number of imidazole rings is 1. The first-order valence-corrected chi connectivity index (χ1v) is 12.0. The second-order valence-corrected chi connectivity index (χ2v) is 8.67. The molecule has 34 heavy (non-hydrogen) atoms. The Morgan fingerprint density at radius 1 is 1.06 bits per heavy atom. The fourth-order valence-electron chi connectivity index (χ4n) is 4.34. The molecule has 3 aromatic rings. The highest BCUT2D eigenvalue weighted by molar-refractivity contribution is 6.05. The summed E-state index contributed by atoms with van der Waals surface area (Å²) in [5, 5.41) is 3.00.